The number of ether oxygens (including phenoxy) is 2. The third-order valence-corrected chi connectivity index (χ3v) is 3.88. The fourth-order valence-electron chi connectivity index (χ4n) is 2.37. The predicted molar refractivity (Wildman–Crippen MR) is 105 cm³/mol. The van der Waals surface area contributed by atoms with Crippen molar-refractivity contribution >= 4 is 23.8 Å². The van der Waals surface area contributed by atoms with Gasteiger partial charge in [0.15, 0.2) is 0 Å². The highest BCUT2D eigenvalue weighted by Crippen LogP contribution is 2.13. The Morgan fingerprint density at radius 2 is 1.73 bits per heavy atom. The molecule has 0 radical (unpaired) electrons. The lowest BCUT2D eigenvalue weighted by Crippen LogP contribution is -2.43. The van der Waals surface area contributed by atoms with Gasteiger partial charge in [0.2, 0.25) is 11.8 Å². The third kappa shape index (κ3) is 10.5. The molecule has 0 aliphatic rings. The predicted octanol–water partition coefficient (Wildman–Crippen LogP) is -0.245. The average Bonchev–Trinajstić information content (AvgIpc) is 2.71. The number of aliphatic hydroxyl groups is 2. The van der Waals surface area contributed by atoms with Crippen LogP contribution in [0, 0.1) is 0 Å². The molecule has 0 atom stereocenters. The normalized spacial score (nSPS) is 10.2. The maximum atomic E-state index is 12.1. The fraction of sp³-hybridized carbons (Fsp3) is 0.500. The molecule has 0 bridgehead atoms. The second-order valence-electron chi connectivity index (χ2n) is 6.39. The third-order valence-electron chi connectivity index (χ3n) is 3.88. The summed E-state index contributed by atoms with van der Waals surface area (Å²) in [5.74, 6) is -1.75. The topological polar surface area (TPSA) is 142 Å². The van der Waals surface area contributed by atoms with E-state index < -0.39 is 17.8 Å². The highest BCUT2D eigenvalue weighted by molar-refractivity contribution is 5.87. The first kappa shape index (κ1) is 25.1. The highest BCUT2D eigenvalue weighted by atomic mass is 16.5. The van der Waals surface area contributed by atoms with E-state index in [9.17, 15) is 19.2 Å². The number of carbonyl (C=O) groups is 4. The van der Waals surface area contributed by atoms with Crippen LogP contribution in [0.4, 0.5) is 0 Å². The van der Waals surface area contributed by atoms with Gasteiger partial charge in [0.05, 0.1) is 13.2 Å². The molecule has 0 fully saturated rings. The number of nitrogens with zero attached hydrogens (tertiary/aromatic N) is 1. The summed E-state index contributed by atoms with van der Waals surface area (Å²) >= 11 is 0. The zero-order chi connectivity index (χ0) is 22.4. The van der Waals surface area contributed by atoms with Gasteiger partial charge in [0.1, 0.15) is 18.9 Å². The molecule has 1 rings (SSSR count). The Labute approximate surface area is 174 Å². The van der Waals surface area contributed by atoms with Crippen molar-refractivity contribution in [2.75, 3.05) is 32.8 Å². The monoisotopic (exact) mass is 424 g/mol. The minimum Gasteiger partial charge on any atom is -0.461 e. The molecule has 0 aromatic heterocycles. The van der Waals surface area contributed by atoms with Gasteiger partial charge < -0.3 is 29.9 Å². The van der Waals surface area contributed by atoms with Crippen molar-refractivity contribution in [1.82, 2.24) is 10.2 Å². The summed E-state index contributed by atoms with van der Waals surface area (Å²) in [7, 11) is 0. The lowest BCUT2D eigenvalue weighted by Gasteiger charge is -2.21. The van der Waals surface area contributed by atoms with E-state index in [4.69, 9.17) is 19.7 Å². The number of unbranched alkanes of at least 4 members (excludes halogenated alkanes) is 1. The van der Waals surface area contributed by atoms with Crippen molar-refractivity contribution in [3.8, 4) is 5.75 Å². The first-order valence-electron chi connectivity index (χ1n) is 9.55. The van der Waals surface area contributed by atoms with Gasteiger partial charge in [-0.3, -0.25) is 14.4 Å². The molecule has 1 aromatic carbocycles. The van der Waals surface area contributed by atoms with Crippen LogP contribution in [-0.4, -0.2) is 71.7 Å². The van der Waals surface area contributed by atoms with Gasteiger partial charge in [-0.25, -0.2) is 4.79 Å². The van der Waals surface area contributed by atoms with Crippen molar-refractivity contribution in [1.29, 1.82) is 0 Å². The van der Waals surface area contributed by atoms with Crippen LogP contribution in [-0.2, 0) is 30.5 Å². The van der Waals surface area contributed by atoms with Crippen LogP contribution in [0.15, 0.2) is 24.3 Å². The average molecular weight is 424 g/mol. The quantitative estimate of drug-likeness (QED) is 0.224. The largest absolute Gasteiger partial charge is 0.461 e. The molecule has 0 unspecified atom stereocenters. The van der Waals surface area contributed by atoms with E-state index >= 15 is 0 Å². The van der Waals surface area contributed by atoms with Gasteiger partial charge in [-0.1, -0.05) is 12.1 Å². The van der Waals surface area contributed by atoms with Crippen molar-refractivity contribution in [3.05, 3.63) is 29.8 Å². The number of hydrogen-bond donors (Lipinski definition) is 3. The van der Waals surface area contributed by atoms with Crippen LogP contribution < -0.4 is 10.1 Å². The number of carbonyl (C=O) groups excluding carboxylic acids is 4. The molecular weight excluding hydrogens is 396 g/mol. The van der Waals surface area contributed by atoms with Crippen LogP contribution in [0.25, 0.3) is 0 Å². The Kier molecular flexibility index (Phi) is 11.8. The zero-order valence-electron chi connectivity index (χ0n) is 17.0. The molecule has 0 spiro atoms. The molecule has 3 N–H and O–H groups in total. The molecule has 0 saturated carbocycles. The Morgan fingerprint density at radius 1 is 1.03 bits per heavy atom. The number of rotatable bonds is 13. The molecule has 30 heavy (non-hydrogen) atoms. The maximum Gasteiger partial charge on any atom is 0.330 e. The molecule has 166 valence electrons. The standard InChI is InChI=1S/C20H28N2O8/c1-15(25)29-14-16-4-6-17(7-5-16)30-20(28)12-21-18(26)13-22(9-2-3-10-23)19(27)8-11-24/h4-7,23-24H,2-3,8-14H2,1H3,(H,21,26). The second kappa shape index (κ2) is 14.1. The SMILES string of the molecule is CC(=O)OCc1ccc(OC(=O)CNC(=O)CN(CCCCO)C(=O)CCO)cc1. The smallest absolute Gasteiger partial charge is 0.330 e. The Morgan fingerprint density at radius 3 is 2.33 bits per heavy atom. The van der Waals surface area contributed by atoms with E-state index in [1.54, 1.807) is 12.1 Å². The van der Waals surface area contributed by atoms with Crippen molar-refractivity contribution in [3.63, 3.8) is 0 Å². The van der Waals surface area contributed by atoms with Crippen LogP contribution >= 0.6 is 0 Å². The van der Waals surface area contributed by atoms with Crippen LogP contribution in [0.2, 0.25) is 0 Å². The fourth-order valence-corrected chi connectivity index (χ4v) is 2.37. The first-order valence-corrected chi connectivity index (χ1v) is 9.55. The maximum absolute atomic E-state index is 12.1. The van der Waals surface area contributed by atoms with E-state index in [1.807, 2.05) is 0 Å². The summed E-state index contributed by atoms with van der Waals surface area (Å²) in [6.45, 7) is 0.685. The highest BCUT2D eigenvalue weighted by Gasteiger charge is 2.17. The Hall–Kier alpha value is -2.98. The first-order chi connectivity index (χ1) is 14.3. The van der Waals surface area contributed by atoms with E-state index in [-0.39, 0.29) is 57.5 Å². The lowest BCUT2D eigenvalue weighted by molar-refractivity contribution is -0.142. The number of aliphatic hydroxyl groups excluding tert-OH is 2. The molecule has 1 aromatic rings. The van der Waals surface area contributed by atoms with Crippen molar-refractivity contribution in [2.45, 2.75) is 32.8 Å². The molecule has 10 nitrogen and oxygen atoms in total. The Bertz CT molecular complexity index is 705. The Balaban J connectivity index is 2.45. The lowest BCUT2D eigenvalue weighted by atomic mass is 10.2. The van der Waals surface area contributed by atoms with Gasteiger partial charge >= 0.3 is 11.9 Å². The van der Waals surface area contributed by atoms with Crippen LogP contribution in [0.5, 0.6) is 5.75 Å². The zero-order valence-corrected chi connectivity index (χ0v) is 17.0. The summed E-state index contributed by atoms with van der Waals surface area (Å²) in [5, 5.41) is 20.1. The van der Waals surface area contributed by atoms with E-state index in [0.29, 0.717) is 12.8 Å². The number of hydrogen-bond acceptors (Lipinski definition) is 8. The van der Waals surface area contributed by atoms with Gasteiger partial charge in [0.25, 0.3) is 0 Å². The van der Waals surface area contributed by atoms with Crippen LogP contribution in [0.3, 0.4) is 0 Å². The summed E-state index contributed by atoms with van der Waals surface area (Å²) in [4.78, 5) is 48.0. The molecule has 0 heterocycles. The van der Waals surface area contributed by atoms with Crippen molar-refractivity contribution in [2.24, 2.45) is 0 Å². The van der Waals surface area contributed by atoms with Gasteiger partial charge in [-0.15, -0.1) is 0 Å². The molecule has 0 aliphatic carbocycles. The molecule has 10 heteroatoms. The van der Waals surface area contributed by atoms with Crippen molar-refractivity contribution < 1.29 is 38.9 Å². The van der Waals surface area contributed by atoms with Crippen LogP contribution in [0.1, 0.15) is 31.7 Å². The second-order valence-corrected chi connectivity index (χ2v) is 6.39. The molecule has 2 amide bonds. The molecule has 0 aliphatic heterocycles. The van der Waals surface area contributed by atoms with E-state index in [2.05, 4.69) is 5.32 Å². The number of benzene rings is 1. The van der Waals surface area contributed by atoms with E-state index in [1.165, 1.54) is 24.0 Å². The summed E-state index contributed by atoms with van der Waals surface area (Å²) < 4.78 is 9.97. The summed E-state index contributed by atoms with van der Waals surface area (Å²) in [5.41, 5.74) is 0.729. The summed E-state index contributed by atoms with van der Waals surface area (Å²) in [6, 6.07) is 6.35. The number of nitrogens with one attached hydrogen (secondary N) is 1. The summed E-state index contributed by atoms with van der Waals surface area (Å²) in [6.07, 6.45) is 0.884. The van der Waals surface area contributed by atoms with E-state index in [0.717, 1.165) is 5.56 Å². The van der Waals surface area contributed by atoms with Gasteiger partial charge in [-0.2, -0.15) is 0 Å². The minimum absolute atomic E-state index is 0.0230. The molecular formula is C20H28N2O8. The van der Waals surface area contributed by atoms with Gasteiger partial charge in [0, 0.05) is 26.5 Å². The number of amides is 2. The minimum atomic E-state index is -0.690. The molecule has 0 saturated heterocycles. The van der Waals surface area contributed by atoms with Gasteiger partial charge in [-0.05, 0) is 30.5 Å². The number of esters is 2.